The normalized spacial score (nSPS) is 18.9. The number of hydrogen-bond donors (Lipinski definition) is 0. The zero-order valence-corrected chi connectivity index (χ0v) is 23.0. The molecule has 9 rings (SSSR count). The predicted molar refractivity (Wildman–Crippen MR) is 176 cm³/mol. The van der Waals surface area contributed by atoms with Crippen LogP contribution in [-0.4, -0.2) is 6.71 Å². The minimum atomic E-state index is -0.801. The van der Waals surface area contributed by atoms with E-state index in [0.717, 1.165) is 27.2 Å². The maximum Gasteiger partial charge on any atom is 0.260 e. The fourth-order valence-electron chi connectivity index (χ4n) is 6.56. The fourth-order valence-corrected chi connectivity index (χ4v) is 6.56. The van der Waals surface area contributed by atoms with Crippen LogP contribution in [0.1, 0.15) is 44.2 Å². The van der Waals surface area contributed by atoms with Crippen LogP contribution < -0.4 is 30.8 Å². The Bertz CT molecular complexity index is 2740. The Morgan fingerprint density at radius 2 is 1.21 bits per heavy atom. The zero-order valence-electron chi connectivity index (χ0n) is 37.0. The van der Waals surface area contributed by atoms with E-state index in [0.29, 0.717) is 28.2 Å². The molecule has 6 aromatic carbocycles. The fraction of sp³-hybridized carbons (Fsp3) is 0.0769. The Balaban J connectivity index is 1.28. The first-order valence-electron chi connectivity index (χ1n) is 20.7. The van der Waals surface area contributed by atoms with Crippen LogP contribution in [0.5, 0.6) is 23.0 Å². The van der Waals surface area contributed by atoms with Gasteiger partial charge in [0.2, 0.25) is 0 Å². The molecule has 2 heterocycles. The van der Waals surface area contributed by atoms with Crippen LogP contribution in [0.2, 0.25) is 0 Å². The number of rotatable bonds is 3. The van der Waals surface area contributed by atoms with Gasteiger partial charge in [-0.3, -0.25) is 0 Å². The van der Waals surface area contributed by atoms with Gasteiger partial charge in [-0.05, 0) is 93.7 Å². The van der Waals surface area contributed by atoms with E-state index in [9.17, 15) is 0 Å². The molecule has 0 atom stereocenters. The Hall–Kier alpha value is -5.22. The van der Waals surface area contributed by atoms with Crippen molar-refractivity contribution in [1.82, 2.24) is 0 Å². The summed E-state index contributed by atoms with van der Waals surface area (Å²) in [5.41, 5.74) is 3.27. The van der Waals surface area contributed by atoms with Crippen LogP contribution in [0, 0.1) is 0 Å². The van der Waals surface area contributed by atoms with Crippen LogP contribution in [0.3, 0.4) is 0 Å². The minimum Gasteiger partial charge on any atom is -0.458 e. The van der Waals surface area contributed by atoms with E-state index >= 15 is 0 Å². The van der Waals surface area contributed by atoms with Gasteiger partial charge in [-0.15, -0.1) is 0 Å². The topological polar surface area (TPSA) is 21.7 Å². The molecule has 0 amide bonds. The molecule has 3 nitrogen and oxygen atoms in total. The highest BCUT2D eigenvalue weighted by Gasteiger charge is 2.43. The van der Waals surface area contributed by atoms with Gasteiger partial charge in [0.15, 0.2) is 0 Å². The zero-order chi connectivity index (χ0) is 40.9. The summed E-state index contributed by atoms with van der Waals surface area (Å²) in [7, 11) is 0. The summed E-state index contributed by atoms with van der Waals surface area (Å²) in [5.74, 6) is 1.39. The molecule has 0 aromatic heterocycles. The van der Waals surface area contributed by atoms with Crippen molar-refractivity contribution < 1.29 is 28.7 Å². The second-order valence-electron chi connectivity index (χ2n) is 11.1. The van der Waals surface area contributed by atoms with E-state index in [1.54, 1.807) is 36.4 Å². The lowest BCUT2D eigenvalue weighted by Gasteiger charge is -2.33. The molecule has 0 radical (unpaired) electrons. The molecule has 0 bridgehead atoms. The van der Waals surface area contributed by atoms with E-state index in [-0.39, 0.29) is 35.0 Å². The maximum atomic E-state index is 8.96. The van der Waals surface area contributed by atoms with Crippen LogP contribution in [0.15, 0.2) is 133 Å². The molecular weight excluding hydrogens is 525 g/mol. The Labute approximate surface area is 271 Å². The summed E-state index contributed by atoms with van der Waals surface area (Å²) < 4.78 is 133. The number of ether oxygens (including phenoxy) is 2. The van der Waals surface area contributed by atoms with Gasteiger partial charge in [0.25, 0.3) is 6.71 Å². The average Bonchev–Trinajstić information content (AvgIpc) is 3.41. The van der Waals surface area contributed by atoms with E-state index < -0.39 is 90.0 Å². The number of anilines is 3. The first-order valence-corrected chi connectivity index (χ1v) is 13.7. The van der Waals surface area contributed by atoms with Crippen LogP contribution >= 0.6 is 0 Å². The van der Waals surface area contributed by atoms with Crippen LogP contribution in [0.4, 0.5) is 17.1 Å². The molecule has 3 aliphatic rings. The summed E-state index contributed by atoms with van der Waals surface area (Å²) in [5, 5.41) is 0. The molecule has 0 saturated carbocycles. The highest BCUT2D eigenvalue weighted by atomic mass is 16.5. The second kappa shape index (κ2) is 8.89. The summed E-state index contributed by atoms with van der Waals surface area (Å²) >= 11 is 0. The Kier molecular flexibility index (Phi) is 2.96. The molecule has 4 heteroatoms. The summed E-state index contributed by atoms with van der Waals surface area (Å²) in [6.07, 6.45) is 0. The quantitative estimate of drug-likeness (QED) is 0.201. The van der Waals surface area contributed by atoms with Crippen LogP contribution in [0.25, 0.3) is 11.1 Å². The summed E-state index contributed by atoms with van der Waals surface area (Å²) in [4.78, 5) is 1.14. The van der Waals surface area contributed by atoms with E-state index in [4.69, 9.17) is 28.7 Å². The third kappa shape index (κ3) is 3.50. The summed E-state index contributed by atoms with van der Waals surface area (Å²) in [6.45, 7) is 3.27. The van der Waals surface area contributed by atoms with E-state index in [2.05, 4.69) is 0 Å². The molecule has 0 unspecified atom stereocenters. The Morgan fingerprint density at radius 1 is 0.581 bits per heavy atom. The molecule has 43 heavy (non-hydrogen) atoms. The molecule has 6 aromatic rings. The smallest absolute Gasteiger partial charge is 0.260 e. The lowest BCUT2D eigenvalue weighted by atomic mass is 9.34. The van der Waals surface area contributed by atoms with Crippen molar-refractivity contribution >= 4 is 40.2 Å². The molecule has 2 aliphatic heterocycles. The minimum absolute atomic E-state index is 0.0385. The predicted octanol–water partition coefficient (Wildman–Crippen LogP) is 8.19. The number of nitrogens with zero attached hydrogens (tertiary/aromatic N) is 1. The second-order valence-corrected chi connectivity index (χ2v) is 11.1. The lowest BCUT2D eigenvalue weighted by molar-refractivity contribution is 0.464. The van der Waals surface area contributed by atoms with Gasteiger partial charge in [-0.2, -0.15) is 0 Å². The van der Waals surface area contributed by atoms with Crippen molar-refractivity contribution in [3.63, 3.8) is 0 Å². The third-order valence-corrected chi connectivity index (χ3v) is 8.50. The molecule has 0 saturated heterocycles. The molecule has 1 aliphatic carbocycles. The van der Waals surface area contributed by atoms with Crippen molar-refractivity contribution in [2.75, 3.05) is 4.90 Å². The van der Waals surface area contributed by atoms with Crippen molar-refractivity contribution in [3.8, 4) is 34.1 Å². The molecule has 204 valence electrons. The van der Waals surface area contributed by atoms with Crippen molar-refractivity contribution in [1.29, 1.82) is 0 Å². The highest BCUT2D eigenvalue weighted by molar-refractivity contribution is 6.98. The van der Waals surface area contributed by atoms with E-state index in [1.807, 2.05) is 26.0 Å². The third-order valence-electron chi connectivity index (χ3n) is 8.50. The van der Waals surface area contributed by atoms with Gasteiger partial charge < -0.3 is 14.4 Å². The standard InChI is InChI=1S/C39H28BNO2/c1-39(2)30-22-27(41(25-12-5-3-6-13-25)26-14-7-4-8-15-26)20-21-28(30)29-23-37-33(24-31(29)39)40-32-16-9-10-17-34(32)42-35-18-11-19-36(43-37)38(35)40/h3-24H,1-2H3/i3D,4D,5D,6D,7D,8D,9D,10D,12D,13D,14D,15D,16D,17D. The molecule has 0 fully saturated rings. The number of benzene rings is 6. The first kappa shape index (κ1) is 14.3. The van der Waals surface area contributed by atoms with Crippen LogP contribution in [-0.2, 0) is 5.41 Å². The monoisotopic (exact) mass is 567 g/mol. The lowest BCUT2D eigenvalue weighted by Crippen LogP contribution is -2.57. The Morgan fingerprint density at radius 3 is 1.93 bits per heavy atom. The van der Waals surface area contributed by atoms with Crippen molar-refractivity contribution in [2.45, 2.75) is 19.3 Å². The van der Waals surface area contributed by atoms with Gasteiger partial charge in [-0.1, -0.05) is 86.4 Å². The van der Waals surface area contributed by atoms with Crippen molar-refractivity contribution in [3.05, 3.63) is 144 Å². The largest absolute Gasteiger partial charge is 0.458 e. The number of fused-ring (bicyclic) bond motifs is 7. The van der Waals surface area contributed by atoms with E-state index in [1.165, 1.54) is 0 Å². The van der Waals surface area contributed by atoms with Gasteiger partial charge in [0, 0.05) is 27.9 Å². The highest BCUT2D eigenvalue weighted by Crippen LogP contribution is 2.52. The number of para-hydroxylation sites is 3. The molecule has 0 spiro atoms. The van der Waals surface area contributed by atoms with Gasteiger partial charge >= 0.3 is 0 Å². The van der Waals surface area contributed by atoms with Gasteiger partial charge in [-0.25, -0.2) is 0 Å². The first-order chi connectivity index (χ1) is 26.9. The number of hydrogen-bond acceptors (Lipinski definition) is 3. The summed E-state index contributed by atoms with van der Waals surface area (Å²) in [6, 6.07) is 6.44. The molecule has 0 N–H and O–H groups in total. The SMILES string of the molecule is [2H]c1c([2H])c([2H])c(N(c2ccc3c(c2)C(C)(C)c2cc4c(cc2-3)Oc2cccc3c2B4c2c([2H])c([2H])c([2H])c([2H])c2O3)c2c([2H])c([2H])c([2H])c([2H])c2[2H])c([2H])c1[2H]. The molecular formula is C39H28BNO2. The van der Waals surface area contributed by atoms with Gasteiger partial charge in [0.05, 0.1) is 19.2 Å². The van der Waals surface area contributed by atoms with Crippen molar-refractivity contribution in [2.24, 2.45) is 0 Å². The maximum absolute atomic E-state index is 8.96. The van der Waals surface area contributed by atoms with Gasteiger partial charge in [0.1, 0.15) is 23.0 Å². The average molecular weight is 568 g/mol.